The van der Waals surface area contributed by atoms with E-state index in [1.165, 1.54) is 0 Å². The van der Waals surface area contributed by atoms with E-state index in [1.54, 1.807) is 7.05 Å². The fourth-order valence-corrected chi connectivity index (χ4v) is 1.97. The molecule has 0 saturated heterocycles. The maximum absolute atomic E-state index is 5.69. The van der Waals surface area contributed by atoms with Crippen LogP contribution < -0.4 is 20.1 Å². The Balaban J connectivity index is 1.98. The number of aliphatic imine (C=N–C) groups is 1. The minimum absolute atomic E-state index is 0.352. The highest BCUT2D eigenvalue weighted by atomic mass is 16.5. The van der Waals surface area contributed by atoms with Crippen molar-refractivity contribution in [2.45, 2.75) is 32.9 Å². The van der Waals surface area contributed by atoms with E-state index in [-0.39, 0.29) is 0 Å². The Morgan fingerprint density at radius 3 is 2.70 bits per heavy atom. The molecule has 1 aromatic rings. The van der Waals surface area contributed by atoms with E-state index in [2.05, 4.69) is 29.5 Å². The van der Waals surface area contributed by atoms with Gasteiger partial charge in [-0.2, -0.15) is 0 Å². The van der Waals surface area contributed by atoms with Gasteiger partial charge in [0.05, 0.1) is 13.2 Å². The monoisotopic (exact) mass is 277 g/mol. The first kappa shape index (κ1) is 14.5. The summed E-state index contributed by atoms with van der Waals surface area (Å²) in [5, 5.41) is 6.54. The summed E-state index contributed by atoms with van der Waals surface area (Å²) in [6.45, 7) is 6.29. The Morgan fingerprint density at radius 1 is 1.25 bits per heavy atom. The number of guanidine groups is 1. The third-order valence-electron chi connectivity index (χ3n) is 2.92. The van der Waals surface area contributed by atoms with Crippen molar-refractivity contribution < 1.29 is 9.47 Å². The topological polar surface area (TPSA) is 54.9 Å². The Labute approximate surface area is 120 Å². The fourth-order valence-electron chi connectivity index (χ4n) is 1.97. The van der Waals surface area contributed by atoms with Crippen LogP contribution in [-0.4, -0.2) is 32.3 Å². The summed E-state index contributed by atoms with van der Waals surface area (Å²) in [6.07, 6.45) is 0.924. The van der Waals surface area contributed by atoms with Crippen molar-refractivity contribution in [2.75, 3.05) is 20.3 Å². The number of fused-ring (bicyclic) bond motifs is 1. The zero-order chi connectivity index (χ0) is 14.4. The average molecular weight is 277 g/mol. The van der Waals surface area contributed by atoms with Crippen LogP contribution in [0.15, 0.2) is 23.2 Å². The highest BCUT2D eigenvalue weighted by Gasteiger charge is 2.10. The predicted octanol–water partition coefficient (Wildman–Crippen LogP) is 1.92. The molecule has 5 heteroatoms. The van der Waals surface area contributed by atoms with Gasteiger partial charge < -0.3 is 20.1 Å². The highest BCUT2D eigenvalue weighted by molar-refractivity contribution is 5.79. The number of benzene rings is 1. The predicted molar refractivity (Wildman–Crippen MR) is 80.5 cm³/mol. The largest absolute Gasteiger partial charge is 0.490 e. The number of rotatable bonds is 3. The second-order valence-corrected chi connectivity index (χ2v) is 5.06. The van der Waals surface area contributed by atoms with Crippen molar-refractivity contribution in [2.24, 2.45) is 4.99 Å². The molecule has 0 aliphatic carbocycles. The molecule has 0 radical (unpaired) electrons. The van der Waals surface area contributed by atoms with E-state index in [4.69, 9.17) is 9.47 Å². The molecule has 0 aromatic heterocycles. The molecule has 0 atom stereocenters. The quantitative estimate of drug-likeness (QED) is 0.655. The molecular formula is C15H23N3O2. The summed E-state index contributed by atoms with van der Waals surface area (Å²) in [5.41, 5.74) is 1.14. The van der Waals surface area contributed by atoms with E-state index in [0.29, 0.717) is 19.2 Å². The van der Waals surface area contributed by atoms with Gasteiger partial charge in [-0.05, 0) is 31.5 Å². The van der Waals surface area contributed by atoms with Gasteiger partial charge in [0.15, 0.2) is 17.5 Å². The molecule has 1 heterocycles. The van der Waals surface area contributed by atoms with Crippen molar-refractivity contribution in [1.82, 2.24) is 10.6 Å². The molecule has 0 unspecified atom stereocenters. The molecular weight excluding hydrogens is 254 g/mol. The summed E-state index contributed by atoms with van der Waals surface area (Å²) in [7, 11) is 1.77. The Kier molecular flexibility index (Phi) is 5.09. The van der Waals surface area contributed by atoms with Gasteiger partial charge in [-0.1, -0.05) is 6.07 Å². The van der Waals surface area contributed by atoms with Crippen LogP contribution in [0.1, 0.15) is 25.8 Å². The van der Waals surface area contributed by atoms with Gasteiger partial charge >= 0.3 is 0 Å². The van der Waals surface area contributed by atoms with Crippen LogP contribution in [-0.2, 0) is 6.54 Å². The third-order valence-corrected chi connectivity index (χ3v) is 2.92. The van der Waals surface area contributed by atoms with Crippen LogP contribution in [0.4, 0.5) is 0 Å². The standard InChI is InChI=1S/C15H23N3O2/c1-11(2)18-15(16-3)17-10-12-5-6-13-14(9-12)20-8-4-7-19-13/h5-6,9,11H,4,7-8,10H2,1-3H3,(H2,16,17,18). The number of hydrogen-bond acceptors (Lipinski definition) is 3. The van der Waals surface area contributed by atoms with Crippen LogP contribution in [0.2, 0.25) is 0 Å². The Morgan fingerprint density at radius 2 is 2.00 bits per heavy atom. The molecule has 0 saturated carbocycles. The van der Waals surface area contributed by atoms with Crippen molar-refractivity contribution >= 4 is 5.96 Å². The maximum Gasteiger partial charge on any atom is 0.191 e. The van der Waals surface area contributed by atoms with E-state index in [1.807, 2.05) is 18.2 Å². The molecule has 5 nitrogen and oxygen atoms in total. The SMILES string of the molecule is CN=C(NCc1ccc2c(c1)OCCCO2)NC(C)C. The molecule has 1 aliphatic heterocycles. The summed E-state index contributed by atoms with van der Waals surface area (Å²) in [5.74, 6) is 2.46. The van der Waals surface area contributed by atoms with Crippen LogP contribution in [0, 0.1) is 0 Å². The second kappa shape index (κ2) is 7.03. The lowest BCUT2D eigenvalue weighted by Gasteiger charge is -2.15. The molecule has 2 N–H and O–H groups in total. The molecule has 20 heavy (non-hydrogen) atoms. The van der Waals surface area contributed by atoms with E-state index < -0.39 is 0 Å². The first-order valence-corrected chi connectivity index (χ1v) is 7.04. The molecule has 0 spiro atoms. The maximum atomic E-state index is 5.69. The zero-order valence-corrected chi connectivity index (χ0v) is 12.4. The first-order chi connectivity index (χ1) is 9.69. The van der Waals surface area contributed by atoms with E-state index >= 15 is 0 Å². The lowest BCUT2D eigenvalue weighted by molar-refractivity contribution is 0.297. The van der Waals surface area contributed by atoms with Gasteiger partial charge in [0.2, 0.25) is 0 Å². The van der Waals surface area contributed by atoms with Gasteiger partial charge in [-0.15, -0.1) is 0 Å². The lowest BCUT2D eigenvalue weighted by atomic mass is 10.2. The van der Waals surface area contributed by atoms with E-state index in [9.17, 15) is 0 Å². The lowest BCUT2D eigenvalue weighted by Crippen LogP contribution is -2.40. The fraction of sp³-hybridized carbons (Fsp3) is 0.533. The third kappa shape index (κ3) is 4.05. The minimum Gasteiger partial charge on any atom is -0.490 e. The van der Waals surface area contributed by atoms with Crippen molar-refractivity contribution in [1.29, 1.82) is 0 Å². The van der Waals surface area contributed by atoms with Gasteiger partial charge in [-0.3, -0.25) is 4.99 Å². The van der Waals surface area contributed by atoms with Crippen LogP contribution >= 0.6 is 0 Å². The molecule has 110 valence electrons. The second-order valence-electron chi connectivity index (χ2n) is 5.06. The van der Waals surface area contributed by atoms with Gasteiger partial charge in [-0.25, -0.2) is 0 Å². The van der Waals surface area contributed by atoms with Crippen LogP contribution in [0.3, 0.4) is 0 Å². The highest BCUT2D eigenvalue weighted by Crippen LogP contribution is 2.30. The minimum atomic E-state index is 0.352. The van der Waals surface area contributed by atoms with Crippen molar-refractivity contribution in [3.63, 3.8) is 0 Å². The molecule has 0 fully saturated rings. The van der Waals surface area contributed by atoms with Crippen molar-refractivity contribution in [3.8, 4) is 11.5 Å². The summed E-state index contributed by atoms with van der Waals surface area (Å²) in [4.78, 5) is 4.18. The first-order valence-electron chi connectivity index (χ1n) is 7.04. The number of hydrogen-bond donors (Lipinski definition) is 2. The summed E-state index contributed by atoms with van der Waals surface area (Å²) in [6, 6.07) is 6.39. The molecule has 0 amide bonds. The summed E-state index contributed by atoms with van der Waals surface area (Å²) >= 11 is 0. The number of nitrogens with zero attached hydrogens (tertiary/aromatic N) is 1. The van der Waals surface area contributed by atoms with Gasteiger partial charge in [0.25, 0.3) is 0 Å². The van der Waals surface area contributed by atoms with Crippen LogP contribution in [0.25, 0.3) is 0 Å². The Bertz CT molecular complexity index is 472. The zero-order valence-electron chi connectivity index (χ0n) is 12.4. The number of nitrogens with one attached hydrogen (secondary N) is 2. The van der Waals surface area contributed by atoms with Gasteiger partial charge in [0.1, 0.15) is 0 Å². The molecule has 1 aromatic carbocycles. The smallest absolute Gasteiger partial charge is 0.191 e. The van der Waals surface area contributed by atoms with Gasteiger partial charge in [0, 0.05) is 26.1 Å². The van der Waals surface area contributed by atoms with Crippen molar-refractivity contribution in [3.05, 3.63) is 23.8 Å². The normalized spacial score (nSPS) is 14.9. The summed E-state index contributed by atoms with van der Waals surface area (Å²) < 4.78 is 11.3. The average Bonchev–Trinajstić information content (AvgIpc) is 2.67. The van der Waals surface area contributed by atoms with Crippen LogP contribution in [0.5, 0.6) is 11.5 Å². The Hall–Kier alpha value is -1.91. The molecule has 1 aliphatic rings. The molecule has 2 rings (SSSR count). The molecule has 0 bridgehead atoms. The number of ether oxygens (including phenoxy) is 2. The van der Waals surface area contributed by atoms with E-state index in [0.717, 1.165) is 36.0 Å².